The van der Waals surface area contributed by atoms with Gasteiger partial charge in [0.15, 0.2) is 0 Å². The van der Waals surface area contributed by atoms with Gasteiger partial charge in [0.1, 0.15) is 23.5 Å². The van der Waals surface area contributed by atoms with Crippen LogP contribution in [0.4, 0.5) is 11.4 Å². The summed E-state index contributed by atoms with van der Waals surface area (Å²) >= 11 is 3.62. The van der Waals surface area contributed by atoms with Gasteiger partial charge in [0, 0.05) is 62.8 Å². The predicted molar refractivity (Wildman–Crippen MR) is 216 cm³/mol. The van der Waals surface area contributed by atoms with Gasteiger partial charge in [-0.3, -0.25) is 0 Å². The maximum Gasteiger partial charge on any atom is 0.262 e. The summed E-state index contributed by atoms with van der Waals surface area (Å²) in [5.74, 6) is 0. The topological polar surface area (TPSA) is 41.9 Å². The smallest absolute Gasteiger partial charge is 0.262 e. The monoisotopic (exact) mass is 720 g/mol. The highest BCUT2D eigenvalue weighted by Crippen LogP contribution is 2.23. The third-order valence-corrected chi connectivity index (χ3v) is 11.3. The zero-order valence-electron chi connectivity index (χ0n) is 30.0. The highest BCUT2D eigenvalue weighted by molar-refractivity contribution is 7.19. The maximum absolute atomic E-state index is 5.81. The van der Waals surface area contributed by atoms with E-state index in [4.69, 9.17) is 14.2 Å². The Kier molecular flexibility index (Phi) is 13.0. The van der Waals surface area contributed by atoms with Gasteiger partial charge in [0.25, 0.3) is 10.0 Å². The Morgan fingerprint density at radius 3 is 1.25 bits per heavy atom. The number of aromatic nitrogens is 2. The van der Waals surface area contributed by atoms with Gasteiger partial charge in [-0.1, -0.05) is 71.2 Å². The maximum atomic E-state index is 5.81. The molecule has 6 aromatic rings. The summed E-state index contributed by atoms with van der Waals surface area (Å²) in [5.41, 5.74) is 7.23. The molecule has 0 saturated carbocycles. The summed E-state index contributed by atoms with van der Waals surface area (Å²) < 4.78 is 24.4. The third-order valence-electron chi connectivity index (χ3n) is 8.93. The first-order valence-corrected chi connectivity index (χ1v) is 19.1. The van der Waals surface area contributed by atoms with E-state index in [0.717, 1.165) is 13.1 Å². The predicted octanol–water partition coefficient (Wildman–Crippen LogP) is 7.73. The highest BCUT2D eigenvalue weighted by Gasteiger charge is 2.14. The molecule has 4 aromatic carbocycles. The molecule has 0 aliphatic heterocycles. The van der Waals surface area contributed by atoms with Gasteiger partial charge in [0.05, 0.1) is 39.6 Å². The van der Waals surface area contributed by atoms with E-state index in [9.17, 15) is 0 Å². The van der Waals surface area contributed by atoms with Crippen LogP contribution in [0.1, 0.15) is 21.1 Å². The van der Waals surface area contributed by atoms with Crippen LogP contribution in [-0.2, 0) is 28.3 Å². The lowest BCUT2D eigenvalue weighted by Crippen LogP contribution is -2.28. The first-order valence-electron chi connectivity index (χ1n) is 17.4. The summed E-state index contributed by atoms with van der Waals surface area (Å²) in [6.45, 7) is 5.19. The number of hydrogen-bond donors (Lipinski definition) is 0. The number of rotatable bonds is 18. The van der Waals surface area contributed by atoms with Gasteiger partial charge in [-0.25, -0.2) is 0 Å². The Hall–Kier alpha value is -4.38. The lowest BCUT2D eigenvalue weighted by Gasteiger charge is -2.19. The Balaban J connectivity index is 0.796. The number of benzene rings is 4. The number of aryl methyl sites for hydroxylation is 2. The second-order valence-electron chi connectivity index (χ2n) is 12.5. The van der Waals surface area contributed by atoms with Crippen molar-refractivity contribution in [3.8, 4) is 0 Å². The van der Waals surface area contributed by atoms with Gasteiger partial charge in [0.2, 0.25) is 11.0 Å². The van der Waals surface area contributed by atoms with Crippen LogP contribution in [0.3, 0.4) is 0 Å². The molecule has 0 spiro atoms. The standard InChI is InChI=1S/C42H48N4O3S2/c1-43(35-19-13-33(14-20-35)17-23-41-45(3)37-9-5-7-11-39(37)50-41)25-27-47-29-31-49-32-30-48-28-26-44(2)36-21-15-34(16-22-36)18-24-42-46(4)38-10-6-8-12-40(38)51-42/h5-24H,25-32H2,1-4H3/q+2. The van der Waals surface area contributed by atoms with Gasteiger partial charge < -0.3 is 24.0 Å². The lowest BCUT2D eigenvalue weighted by atomic mass is 10.2. The van der Waals surface area contributed by atoms with Crippen molar-refractivity contribution in [2.24, 2.45) is 14.1 Å². The molecule has 264 valence electrons. The highest BCUT2D eigenvalue weighted by atomic mass is 32.1. The van der Waals surface area contributed by atoms with Crippen LogP contribution in [0.25, 0.3) is 44.7 Å². The van der Waals surface area contributed by atoms with E-state index in [-0.39, 0.29) is 0 Å². The molecule has 0 saturated heterocycles. The molecule has 0 fully saturated rings. The van der Waals surface area contributed by atoms with Crippen LogP contribution < -0.4 is 18.9 Å². The van der Waals surface area contributed by atoms with Crippen molar-refractivity contribution in [3.63, 3.8) is 0 Å². The van der Waals surface area contributed by atoms with Gasteiger partial charge in [-0.15, -0.1) is 0 Å². The van der Waals surface area contributed by atoms with Crippen molar-refractivity contribution in [3.05, 3.63) is 118 Å². The van der Waals surface area contributed by atoms with Crippen LogP contribution in [-0.4, -0.2) is 66.8 Å². The molecule has 0 atom stereocenters. The van der Waals surface area contributed by atoms with Crippen LogP contribution >= 0.6 is 22.7 Å². The number of ether oxygens (including phenoxy) is 3. The zero-order chi connectivity index (χ0) is 35.4. The zero-order valence-corrected chi connectivity index (χ0v) is 31.7. The number of fused-ring (bicyclic) bond motifs is 2. The van der Waals surface area contributed by atoms with Crippen LogP contribution in [0.5, 0.6) is 0 Å². The fourth-order valence-corrected chi connectivity index (χ4v) is 7.86. The third kappa shape index (κ3) is 9.90. The van der Waals surface area contributed by atoms with Crippen molar-refractivity contribution in [2.45, 2.75) is 0 Å². The van der Waals surface area contributed by atoms with Crippen molar-refractivity contribution >= 4 is 78.8 Å². The van der Waals surface area contributed by atoms with E-state index >= 15 is 0 Å². The van der Waals surface area contributed by atoms with E-state index in [1.54, 1.807) is 0 Å². The number of anilines is 2. The second-order valence-corrected chi connectivity index (χ2v) is 14.6. The van der Waals surface area contributed by atoms with E-state index < -0.39 is 0 Å². The van der Waals surface area contributed by atoms with Crippen molar-refractivity contribution in [2.75, 3.05) is 76.6 Å². The molecule has 0 amide bonds. The Bertz CT molecular complexity index is 1900. The average Bonchev–Trinajstić information content (AvgIpc) is 3.67. The Labute approximate surface area is 309 Å². The minimum atomic E-state index is 0.563. The summed E-state index contributed by atoms with van der Waals surface area (Å²) in [7, 11) is 8.43. The van der Waals surface area contributed by atoms with E-state index in [0.29, 0.717) is 39.6 Å². The Morgan fingerprint density at radius 2 is 0.863 bits per heavy atom. The number of para-hydroxylation sites is 2. The van der Waals surface area contributed by atoms with E-state index in [1.165, 1.54) is 53.0 Å². The lowest BCUT2D eigenvalue weighted by molar-refractivity contribution is -0.642. The van der Waals surface area contributed by atoms with Crippen molar-refractivity contribution in [1.82, 2.24) is 0 Å². The summed E-state index contributed by atoms with van der Waals surface area (Å²) in [6, 6.07) is 34.3. The van der Waals surface area contributed by atoms with E-state index in [1.807, 2.05) is 22.7 Å². The molecule has 2 aromatic heterocycles. The van der Waals surface area contributed by atoms with Crippen LogP contribution in [0.2, 0.25) is 0 Å². The van der Waals surface area contributed by atoms with Gasteiger partial charge in [-0.2, -0.15) is 9.13 Å². The number of likely N-dealkylation sites (N-methyl/N-ethyl adjacent to an activating group) is 2. The summed E-state index contributed by atoms with van der Waals surface area (Å²) in [5, 5.41) is 2.46. The molecule has 9 heteroatoms. The van der Waals surface area contributed by atoms with Gasteiger partial charge in [-0.05, 0) is 59.7 Å². The largest absolute Gasteiger partial charge is 0.377 e. The summed E-state index contributed by atoms with van der Waals surface area (Å²) in [6.07, 6.45) is 8.74. The number of nitrogens with zero attached hydrogens (tertiary/aromatic N) is 4. The molecule has 7 nitrogen and oxygen atoms in total. The van der Waals surface area contributed by atoms with Crippen LogP contribution in [0, 0.1) is 0 Å². The first-order chi connectivity index (χ1) is 25.0. The van der Waals surface area contributed by atoms with Crippen LogP contribution in [0.15, 0.2) is 97.1 Å². The van der Waals surface area contributed by atoms with Crippen molar-refractivity contribution in [1.29, 1.82) is 0 Å². The molecular formula is C42H48N4O3S2+2. The molecule has 0 aliphatic carbocycles. The molecular weight excluding hydrogens is 673 g/mol. The average molecular weight is 721 g/mol. The molecule has 6 rings (SSSR count). The molecule has 0 bridgehead atoms. The molecule has 51 heavy (non-hydrogen) atoms. The molecule has 0 N–H and O–H groups in total. The SMILES string of the molecule is CN(CCOCCOCCOCCN(C)c1ccc(/C=C/c2sc3ccccc3[n+]2C)cc1)c1ccc(/C=C/c2sc3ccccc3[n+]2C)cc1. The fraction of sp³-hybridized carbons (Fsp3) is 0.286. The molecule has 0 unspecified atom stereocenters. The van der Waals surface area contributed by atoms with Crippen molar-refractivity contribution < 1.29 is 23.3 Å². The molecule has 0 radical (unpaired) electrons. The quantitative estimate of drug-likeness (QED) is 0.0672. The van der Waals surface area contributed by atoms with Gasteiger partial charge >= 0.3 is 0 Å². The summed E-state index contributed by atoms with van der Waals surface area (Å²) in [4.78, 5) is 4.43. The number of thiazole rings is 2. The van der Waals surface area contributed by atoms with E-state index in [2.05, 4.69) is 168 Å². The first kappa shape index (κ1) is 36.4. The second kappa shape index (κ2) is 18.2. The minimum Gasteiger partial charge on any atom is -0.377 e. The Morgan fingerprint density at radius 1 is 0.490 bits per heavy atom. The fourth-order valence-electron chi connectivity index (χ4n) is 5.75. The molecule has 2 heterocycles. The minimum absolute atomic E-state index is 0.563. The number of hydrogen-bond acceptors (Lipinski definition) is 7. The molecule has 0 aliphatic rings. The normalized spacial score (nSPS) is 11.8.